The highest BCUT2D eigenvalue weighted by atomic mass is 32.2. The van der Waals surface area contributed by atoms with Crippen molar-refractivity contribution in [2.45, 2.75) is 44.8 Å². The van der Waals surface area contributed by atoms with Gasteiger partial charge in [0.2, 0.25) is 15.9 Å². The summed E-state index contributed by atoms with van der Waals surface area (Å²) in [7, 11) is -3.39. The SMILES string of the molecule is Cc1cc([C@@H](C)NC(=O)C2CC2(C)c2ccc(C(F)(F)F)cc2)ccc1NS(C)(=O)=O. The van der Waals surface area contributed by atoms with Crippen molar-refractivity contribution in [3.8, 4) is 0 Å². The molecule has 3 atom stereocenters. The lowest BCUT2D eigenvalue weighted by Gasteiger charge is -2.18. The van der Waals surface area contributed by atoms with E-state index in [1.165, 1.54) is 12.1 Å². The Kier molecular flexibility index (Phi) is 5.86. The molecule has 9 heteroatoms. The Balaban J connectivity index is 1.66. The number of aryl methyl sites for hydroxylation is 1. The van der Waals surface area contributed by atoms with E-state index in [2.05, 4.69) is 10.0 Å². The fourth-order valence-electron chi connectivity index (χ4n) is 3.77. The number of halogens is 3. The predicted molar refractivity (Wildman–Crippen MR) is 113 cm³/mol. The van der Waals surface area contributed by atoms with E-state index in [9.17, 15) is 26.4 Å². The third-order valence-electron chi connectivity index (χ3n) is 5.83. The van der Waals surface area contributed by atoms with Crippen LogP contribution in [0.3, 0.4) is 0 Å². The van der Waals surface area contributed by atoms with Crippen LogP contribution in [0.2, 0.25) is 0 Å². The van der Waals surface area contributed by atoms with Gasteiger partial charge in [0.05, 0.1) is 23.5 Å². The quantitative estimate of drug-likeness (QED) is 0.673. The zero-order valence-electron chi connectivity index (χ0n) is 17.7. The molecule has 0 aromatic heterocycles. The van der Waals surface area contributed by atoms with E-state index < -0.39 is 27.2 Å². The van der Waals surface area contributed by atoms with Crippen molar-refractivity contribution in [2.24, 2.45) is 5.92 Å². The van der Waals surface area contributed by atoms with E-state index >= 15 is 0 Å². The van der Waals surface area contributed by atoms with Crippen molar-refractivity contribution in [1.82, 2.24) is 5.32 Å². The molecule has 0 aliphatic heterocycles. The average Bonchev–Trinajstić information content (AvgIpc) is 3.35. The maximum absolute atomic E-state index is 12.8. The van der Waals surface area contributed by atoms with E-state index in [1.54, 1.807) is 25.1 Å². The fraction of sp³-hybridized carbons (Fsp3) is 0.409. The molecule has 2 aromatic rings. The number of sulfonamides is 1. The average molecular weight is 455 g/mol. The molecule has 5 nitrogen and oxygen atoms in total. The van der Waals surface area contributed by atoms with Crippen molar-refractivity contribution < 1.29 is 26.4 Å². The lowest BCUT2D eigenvalue weighted by molar-refractivity contribution is -0.137. The summed E-state index contributed by atoms with van der Waals surface area (Å²) in [6.07, 6.45) is -2.75. The fourth-order valence-corrected chi connectivity index (χ4v) is 4.40. The van der Waals surface area contributed by atoms with Crippen LogP contribution in [-0.2, 0) is 26.4 Å². The highest BCUT2D eigenvalue weighted by Crippen LogP contribution is 2.54. The first-order chi connectivity index (χ1) is 14.2. The summed E-state index contributed by atoms with van der Waals surface area (Å²) in [4.78, 5) is 12.8. The van der Waals surface area contributed by atoms with Gasteiger partial charge in [-0.25, -0.2) is 8.42 Å². The minimum absolute atomic E-state index is 0.161. The molecule has 1 fully saturated rings. The molecular formula is C22H25F3N2O3S. The van der Waals surface area contributed by atoms with Crippen molar-refractivity contribution in [1.29, 1.82) is 0 Å². The number of anilines is 1. The van der Waals surface area contributed by atoms with Crippen LogP contribution in [0.15, 0.2) is 42.5 Å². The van der Waals surface area contributed by atoms with Crippen molar-refractivity contribution in [3.05, 3.63) is 64.7 Å². The summed E-state index contributed by atoms with van der Waals surface area (Å²) in [6, 6.07) is 9.87. The zero-order chi connectivity index (χ0) is 23.2. The lowest BCUT2D eigenvalue weighted by atomic mass is 9.94. The van der Waals surface area contributed by atoms with Crippen LogP contribution in [0.5, 0.6) is 0 Å². The Hall–Kier alpha value is -2.55. The molecule has 1 aliphatic rings. The maximum atomic E-state index is 12.8. The molecule has 168 valence electrons. The minimum atomic E-state index is -4.39. The van der Waals surface area contributed by atoms with E-state index in [4.69, 9.17) is 0 Å². The van der Waals surface area contributed by atoms with Gasteiger partial charge < -0.3 is 5.32 Å². The molecule has 0 heterocycles. The molecule has 1 aliphatic carbocycles. The van der Waals surface area contributed by atoms with Crippen LogP contribution in [0.25, 0.3) is 0 Å². The zero-order valence-corrected chi connectivity index (χ0v) is 18.5. The van der Waals surface area contributed by atoms with Crippen LogP contribution in [0.4, 0.5) is 18.9 Å². The first-order valence-electron chi connectivity index (χ1n) is 9.77. The van der Waals surface area contributed by atoms with Gasteiger partial charge in [0.25, 0.3) is 0 Å². The summed E-state index contributed by atoms with van der Waals surface area (Å²) in [5, 5.41) is 2.96. The molecular weight excluding hydrogens is 429 g/mol. The number of alkyl halides is 3. The van der Waals surface area contributed by atoms with Gasteiger partial charge in [0.15, 0.2) is 0 Å². The highest BCUT2D eigenvalue weighted by molar-refractivity contribution is 7.92. The topological polar surface area (TPSA) is 75.3 Å². The Morgan fingerprint density at radius 2 is 1.77 bits per heavy atom. The molecule has 0 spiro atoms. The number of benzene rings is 2. The first-order valence-corrected chi connectivity index (χ1v) is 11.7. The second-order valence-electron chi connectivity index (χ2n) is 8.43. The number of nitrogens with one attached hydrogen (secondary N) is 2. The van der Waals surface area contributed by atoms with Crippen molar-refractivity contribution in [3.63, 3.8) is 0 Å². The highest BCUT2D eigenvalue weighted by Gasteiger charge is 2.55. The van der Waals surface area contributed by atoms with E-state index in [-0.39, 0.29) is 17.9 Å². The van der Waals surface area contributed by atoms with E-state index in [0.29, 0.717) is 17.7 Å². The smallest absolute Gasteiger partial charge is 0.349 e. The lowest BCUT2D eigenvalue weighted by Crippen LogP contribution is -2.30. The largest absolute Gasteiger partial charge is 0.416 e. The van der Waals surface area contributed by atoms with Crippen LogP contribution >= 0.6 is 0 Å². The predicted octanol–water partition coefficient (Wildman–Crippen LogP) is 4.54. The summed E-state index contributed by atoms with van der Waals surface area (Å²) in [6.45, 7) is 5.47. The standard InChI is InChI=1S/C22H25F3N2O3S/c1-13-11-15(5-10-19(13)27-31(4,29)30)14(2)26-20(28)18-12-21(18,3)16-6-8-17(9-7-16)22(23,24)25/h5-11,14,18,27H,12H2,1-4H3,(H,26,28)/t14-,18?,21?/m1/s1. The number of rotatable bonds is 6. The molecule has 0 saturated heterocycles. The third kappa shape index (κ3) is 5.20. The minimum Gasteiger partial charge on any atom is -0.349 e. The summed E-state index contributed by atoms with van der Waals surface area (Å²) in [5.41, 5.74) is 1.53. The van der Waals surface area contributed by atoms with Gasteiger partial charge in [-0.05, 0) is 55.2 Å². The van der Waals surface area contributed by atoms with Crippen molar-refractivity contribution in [2.75, 3.05) is 11.0 Å². The number of carbonyl (C=O) groups is 1. The van der Waals surface area contributed by atoms with E-state index in [0.717, 1.165) is 29.5 Å². The van der Waals surface area contributed by atoms with Crippen LogP contribution in [0.1, 0.15) is 48.6 Å². The van der Waals surface area contributed by atoms with Gasteiger partial charge in [-0.3, -0.25) is 9.52 Å². The van der Waals surface area contributed by atoms with E-state index in [1.807, 2.05) is 13.8 Å². The molecule has 0 radical (unpaired) electrons. The molecule has 3 rings (SSSR count). The molecule has 2 unspecified atom stereocenters. The Morgan fingerprint density at radius 1 is 1.16 bits per heavy atom. The Morgan fingerprint density at radius 3 is 2.29 bits per heavy atom. The van der Waals surface area contributed by atoms with Gasteiger partial charge in [-0.15, -0.1) is 0 Å². The van der Waals surface area contributed by atoms with Crippen LogP contribution < -0.4 is 10.0 Å². The monoisotopic (exact) mass is 454 g/mol. The number of amides is 1. The Bertz CT molecular complexity index is 1100. The van der Waals surface area contributed by atoms with Gasteiger partial charge >= 0.3 is 6.18 Å². The molecule has 2 aromatic carbocycles. The Labute approximate surface area is 180 Å². The van der Waals surface area contributed by atoms with Crippen LogP contribution in [-0.4, -0.2) is 20.6 Å². The second-order valence-corrected chi connectivity index (χ2v) is 10.2. The second kappa shape index (κ2) is 7.85. The van der Waals surface area contributed by atoms with Gasteiger partial charge in [0.1, 0.15) is 0 Å². The molecule has 0 bridgehead atoms. The summed E-state index contributed by atoms with van der Waals surface area (Å²) in [5.74, 6) is -0.482. The first kappa shape index (κ1) is 23.1. The molecule has 2 N–H and O–H groups in total. The number of carbonyl (C=O) groups excluding carboxylic acids is 1. The van der Waals surface area contributed by atoms with Gasteiger partial charge in [-0.2, -0.15) is 13.2 Å². The molecule has 31 heavy (non-hydrogen) atoms. The molecule has 1 saturated carbocycles. The number of hydrogen-bond donors (Lipinski definition) is 2. The summed E-state index contributed by atoms with van der Waals surface area (Å²) < 4.78 is 63.6. The third-order valence-corrected chi connectivity index (χ3v) is 6.42. The molecule has 1 amide bonds. The van der Waals surface area contributed by atoms with Crippen molar-refractivity contribution >= 4 is 21.6 Å². The summed E-state index contributed by atoms with van der Waals surface area (Å²) >= 11 is 0. The van der Waals surface area contributed by atoms with Crippen LogP contribution in [0, 0.1) is 12.8 Å². The maximum Gasteiger partial charge on any atom is 0.416 e. The number of hydrogen-bond acceptors (Lipinski definition) is 3. The normalized spacial score (nSPS) is 22.0. The van der Waals surface area contributed by atoms with Gasteiger partial charge in [-0.1, -0.05) is 31.2 Å². The van der Waals surface area contributed by atoms with Gasteiger partial charge in [0, 0.05) is 11.3 Å².